The van der Waals surface area contributed by atoms with E-state index < -0.39 is 0 Å². The van der Waals surface area contributed by atoms with Gasteiger partial charge < -0.3 is 10.1 Å². The number of methoxy groups -OCH3 is 1. The minimum Gasteiger partial charge on any atom is -0.497 e. The van der Waals surface area contributed by atoms with E-state index in [1.807, 2.05) is 30.3 Å². The molecule has 2 heterocycles. The quantitative estimate of drug-likeness (QED) is 0.251. The van der Waals surface area contributed by atoms with Crippen molar-refractivity contribution in [2.45, 2.75) is 25.7 Å². The van der Waals surface area contributed by atoms with Crippen molar-refractivity contribution in [3.63, 3.8) is 0 Å². The van der Waals surface area contributed by atoms with Gasteiger partial charge in [-0.25, -0.2) is 9.97 Å². The molecule has 9 heteroatoms. The average Bonchev–Trinajstić information content (AvgIpc) is 3.63. The highest BCUT2D eigenvalue weighted by Crippen LogP contribution is 2.39. The van der Waals surface area contributed by atoms with E-state index in [1.165, 1.54) is 16.9 Å². The first kappa shape index (κ1) is 24.3. The van der Waals surface area contributed by atoms with Crippen LogP contribution in [0.1, 0.15) is 38.8 Å². The molecule has 1 atom stereocenters. The zero-order valence-corrected chi connectivity index (χ0v) is 22.4. The van der Waals surface area contributed by atoms with E-state index in [4.69, 9.17) is 9.72 Å². The Morgan fingerprint density at radius 2 is 1.74 bits per heavy atom. The number of thiazole rings is 2. The lowest BCUT2D eigenvalue weighted by atomic mass is 10.1. The number of aromatic nitrogens is 2. The van der Waals surface area contributed by atoms with Crippen LogP contribution < -0.4 is 15.4 Å². The lowest BCUT2D eigenvalue weighted by molar-refractivity contribution is -0.117. The maximum atomic E-state index is 13.1. The molecule has 1 unspecified atom stereocenters. The maximum Gasteiger partial charge on any atom is 0.257 e. The van der Waals surface area contributed by atoms with Gasteiger partial charge in [-0.2, -0.15) is 0 Å². The Morgan fingerprint density at radius 3 is 2.50 bits per heavy atom. The van der Waals surface area contributed by atoms with Crippen LogP contribution in [-0.4, -0.2) is 28.9 Å². The number of anilines is 2. The number of benzene rings is 3. The summed E-state index contributed by atoms with van der Waals surface area (Å²) in [5.41, 5.74) is 5.22. The number of carbonyl (C=O) groups excluding carboxylic acids is 2. The molecule has 2 aromatic heterocycles. The van der Waals surface area contributed by atoms with E-state index >= 15 is 0 Å². The van der Waals surface area contributed by atoms with Crippen LogP contribution in [0.15, 0.2) is 66.7 Å². The summed E-state index contributed by atoms with van der Waals surface area (Å²) in [6, 6.07) is 20.9. The standard InChI is InChI=1S/C29H24N4O3S2/c1-16-3-13-22-24(15-16)37-28(31-22)18-4-8-19(9-5-18)30-27(35)21-12-14-23-25(21)32-29(38-23)33-26(34)17-6-10-20(36-2)11-7-17/h3-11,13,15,21H,12,14H2,1-2H3,(H,30,35)(H,32,33,34). The summed E-state index contributed by atoms with van der Waals surface area (Å²) >= 11 is 3.09. The molecule has 2 amide bonds. The molecule has 0 bridgehead atoms. The number of nitrogens with one attached hydrogen (secondary N) is 2. The molecule has 7 nitrogen and oxygen atoms in total. The first-order valence-electron chi connectivity index (χ1n) is 12.2. The fourth-order valence-electron chi connectivity index (χ4n) is 4.53. The number of ether oxygens (including phenoxy) is 1. The molecule has 1 aliphatic rings. The van der Waals surface area contributed by atoms with Crippen LogP contribution >= 0.6 is 22.7 Å². The molecule has 38 heavy (non-hydrogen) atoms. The van der Waals surface area contributed by atoms with Crippen molar-refractivity contribution >= 4 is 55.5 Å². The van der Waals surface area contributed by atoms with Gasteiger partial charge >= 0.3 is 0 Å². The largest absolute Gasteiger partial charge is 0.497 e. The highest BCUT2D eigenvalue weighted by Gasteiger charge is 2.33. The summed E-state index contributed by atoms with van der Waals surface area (Å²) in [5.74, 6) is -0.000111. The van der Waals surface area contributed by atoms with Gasteiger partial charge in [-0.15, -0.1) is 22.7 Å². The van der Waals surface area contributed by atoms with Gasteiger partial charge in [0.25, 0.3) is 5.91 Å². The third-order valence-electron chi connectivity index (χ3n) is 6.55. The molecule has 0 saturated heterocycles. The Balaban J connectivity index is 1.12. The second-order valence-corrected chi connectivity index (χ2v) is 11.3. The molecule has 0 radical (unpaired) electrons. The molecule has 0 saturated carbocycles. The zero-order chi connectivity index (χ0) is 26.2. The number of nitrogens with zero attached hydrogens (tertiary/aromatic N) is 2. The second kappa shape index (κ2) is 10.00. The Kier molecular flexibility index (Phi) is 6.39. The highest BCUT2D eigenvalue weighted by atomic mass is 32.1. The first-order valence-corrected chi connectivity index (χ1v) is 13.8. The summed E-state index contributed by atoms with van der Waals surface area (Å²) in [6.45, 7) is 2.08. The van der Waals surface area contributed by atoms with Gasteiger partial charge in [0, 0.05) is 21.7 Å². The van der Waals surface area contributed by atoms with E-state index in [9.17, 15) is 9.59 Å². The van der Waals surface area contributed by atoms with Gasteiger partial charge in [-0.05, 0) is 86.0 Å². The van der Waals surface area contributed by atoms with Crippen molar-refractivity contribution < 1.29 is 14.3 Å². The molecular formula is C29H24N4O3S2. The molecule has 0 spiro atoms. The topological polar surface area (TPSA) is 93.2 Å². The van der Waals surface area contributed by atoms with Gasteiger partial charge in [-0.1, -0.05) is 6.07 Å². The highest BCUT2D eigenvalue weighted by molar-refractivity contribution is 7.21. The number of hydrogen-bond donors (Lipinski definition) is 2. The third kappa shape index (κ3) is 4.78. The molecule has 5 aromatic rings. The van der Waals surface area contributed by atoms with Gasteiger partial charge in [0.05, 0.1) is 28.9 Å². The van der Waals surface area contributed by atoms with Crippen molar-refractivity contribution in [3.8, 4) is 16.3 Å². The molecular weight excluding hydrogens is 516 g/mol. The van der Waals surface area contributed by atoms with Crippen molar-refractivity contribution in [2.75, 3.05) is 17.7 Å². The Morgan fingerprint density at radius 1 is 0.947 bits per heavy atom. The summed E-state index contributed by atoms with van der Waals surface area (Å²) in [7, 11) is 1.58. The van der Waals surface area contributed by atoms with Crippen LogP contribution in [0, 0.1) is 6.92 Å². The van der Waals surface area contributed by atoms with Gasteiger partial charge in [-0.3, -0.25) is 14.9 Å². The third-order valence-corrected chi connectivity index (χ3v) is 8.66. The predicted octanol–water partition coefficient (Wildman–Crippen LogP) is 6.66. The van der Waals surface area contributed by atoms with E-state index in [0.717, 1.165) is 43.5 Å². The zero-order valence-electron chi connectivity index (χ0n) is 20.8. The van der Waals surface area contributed by atoms with E-state index in [1.54, 1.807) is 42.7 Å². The number of rotatable bonds is 6. The van der Waals surface area contributed by atoms with Crippen LogP contribution in [0.3, 0.4) is 0 Å². The minimum absolute atomic E-state index is 0.0923. The van der Waals surface area contributed by atoms with Crippen LogP contribution in [0.5, 0.6) is 5.75 Å². The fraction of sp³-hybridized carbons (Fsp3) is 0.172. The fourth-order valence-corrected chi connectivity index (χ4v) is 6.63. The van der Waals surface area contributed by atoms with E-state index in [-0.39, 0.29) is 17.7 Å². The summed E-state index contributed by atoms with van der Waals surface area (Å²) in [4.78, 5) is 36.2. The minimum atomic E-state index is -0.347. The lowest BCUT2D eigenvalue weighted by Crippen LogP contribution is -2.20. The smallest absolute Gasteiger partial charge is 0.257 e. The number of amides is 2. The SMILES string of the molecule is COc1ccc(C(=O)Nc2nc3c(s2)CCC3C(=O)Nc2ccc(-c3nc4ccc(C)cc4s3)cc2)cc1. The van der Waals surface area contributed by atoms with Gasteiger partial charge in [0.1, 0.15) is 10.8 Å². The number of hydrogen-bond acceptors (Lipinski definition) is 7. The molecule has 0 fully saturated rings. The van der Waals surface area contributed by atoms with Gasteiger partial charge in [0.2, 0.25) is 5.91 Å². The average molecular weight is 541 g/mol. The predicted molar refractivity (Wildman–Crippen MR) is 153 cm³/mol. The van der Waals surface area contributed by atoms with Crippen molar-refractivity contribution in [3.05, 3.63) is 88.4 Å². The van der Waals surface area contributed by atoms with Crippen molar-refractivity contribution in [1.82, 2.24) is 9.97 Å². The maximum absolute atomic E-state index is 13.1. The first-order chi connectivity index (χ1) is 18.5. The molecule has 3 aromatic carbocycles. The van der Waals surface area contributed by atoms with Crippen LogP contribution in [-0.2, 0) is 11.2 Å². The normalized spacial score (nSPS) is 14.3. The Hall–Kier alpha value is -4.08. The molecule has 2 N–H and O–H groups in total. The number of fused-ring (bicyclic) bond motifs is 2. The second-order valence-electron chi connectivity index (χ2n) is 9.16. The lowest BCUT2D eigenvalue weighted by Gasteiger charge is -2.11. The molecule has 190 valence electrons. The summed E-state index contributed by atoms with van der Waals surface area (Å²) in [5, 5.41) is 7.35. The van der Waals surface area contributed by atoms with E-state index in [2.05, 4.69) is 34.7 Å². The Labute approximate surface area is 227 Å². The molecule has 1 aliphatic carbocycles. The van der Waals surface area contributed by atoms with Crippen LogP contribution in [0.2, 0.25) is 0 Å². The van der Waals surface area contributed by atoms with E-state index in [0.29, 0.717) is 22.9 Å². The molecule has 6 rings (SSSR count). The van der Waals surface area contributed by atoms with Crippen LogP contribution in [0.4, 0.5) is 10.8 Å². The molecule has 0 aliphatic heterocycles. The Bertz CT molecular complexity index is 1660. The van der Waals surface area contributed by atoms with Crippen molar-refractivity contribution in [2.24, 2.45) is 0 Å². The van der Waals surface area contributed by atoms with Crippen molar-refractivity contribution in [1.29, 1.82) is 0 Å². The summed E-state index contributed by atoms with van der Waals surface area (Å²) in [6.07, 6.45) is 1.47. The monoisotopic (exact) mass is 540 g/mol. The van der Waals surface area contributed by atoms with Crippen LogP contribution in [0.25, 0.3) is 20.8 Å². The summed E-state index contributed by atoms with van der Waals surface area (Å²) < 4.78 is 6.31. The number of aryl methyl sites for hydroxylation is 2. The van der Waals surface area contributed by atoms with Gasteiger partial charge in [0.15, 0.2) is 5.13 Å². The number of carbonyl (C=O) groups is 2.